The van der Waals surface area contributed by atoms with E-state index in [9.17, 15) is 0 Å². The Morgan fingerprint density at radius 2 is 2.25 bits per heavy atom. The van der Waals surface area contributed by atoms with E-state index in [2.05, 4.69) is 42.3 Å². The summed E-state index contributed by atoms with van der Waals surface area (Å²) in [6, 6.07) is 0. The van der Waals surface area contributed by atoms with Crippen LogP contribution in [0.5, 0.6) is 0 Å². The van der Waals surface area contributed by atoms with E-state index in [1.807, 2.05) is 6.20 Å². The summed E-state index contributed by atoms with van der Waals surface area (Å²) < 4.78 is 8.08. The predicted octanol–water partition coefficient (Wildman–Crippen LogP) is 2.76. The molecule has 1 aromatic heterocycles. The first kappa shape index (κ1) is 15.5. The molecule has 0 unspecified atom stereocenters. The van der Waals surface area contributed by atoms with Crippen LogP contribution in [0.2, 0.25) is 0 Å². The highest BCUT2D eigenvalue weighted by molar-refractivity contribution is 5.03. The fourth-order valence-corrected chi connectivity index (χ4v) is 2.78. The molecule has 0 radical (unpaired) electrons. The van der Waals surface area contributed by atoms with Gasteiger partial charge in [0.25, 0.3) is 0 Å². The van der Waals surface area contributed by atoms with Crippen molar-refractivity contribution < 1.29 is 4.74 Å². The van der Waals surface area contributed by atoms with E-state index in [1.165, 1.54) is 25.0 Å². The molecule has 2 heterocycles. The summed E-state index contributed by atoms with van der Waals surface area (Å²) in [4.78, 5) is 6.87. The molecule has 1 saturated heterocycles. The first-order chi connectivity index (χ1) is 9.56. The summed E-state index contributed by atoms with van der Waals surface area (Å²) in [7, 11) is 2.10. The van der Waals surface area contributed by atoms with Crippen LogP contribution in [-0.2, 0) is 18.3 Å². The summed E-state index contributed by atoms with van der Waals surface area (Å²) in [5, 5.41) is 0. The van der Waals surface area contributed by atoms with Crippen molar-refractivity contribution in [1.82, 2.24) is 14.5 Å². The molecule has 1 aliphatic heterocycles. The Kier molecular flexibility index (Phi) is 5.61. The number of nitrogens with zero attached hydrogens (tertiary/aromatic N) is 3. The lowest BCUT2D eigenvalue weighted by molar-refractivity contribution is -0.0366. The van der Waals surface area contributed by atoms with Gasteiger partial charge in [0.15, 0.2) is 0 Å². The van der Waals surface area contributed by atoms with Gasteiger partial charge in [0.2, 0.25) is 0 Å². The normalized spacial score (nSPS) is 20.8. The molecular formula is C16H29N3O. The van der Waals surface area contributed by atoms with E-state index in [0.29, 0.717) is 6.10 Å². The number of aryl methyl sites for hydroxylation is 1. The van der Waals surface area contributed by atoms with E-state index in [0.717, 1.165) is 38.0 Å². The number of hydrogen-bond acceptors (Lipinski definition) is 3. The van der Waals surface area contributed by atoms with E-state index >= 15 is 0 Å². The molecule has 1 aliphatic rings. The smallest absolute Gasteiger partial charge is 0.105 e. The van der Waals surface area contributed by atoms with E-state index in [1.54, 1.807) is 0 Å². The van der Waals surface area contributed by atoms with Crippen molar-refractivity contribution in [3.63, 3.8) is 0 Å². The minimum Gasteiger partial charge on any atom is -0.376 e. The SMILES string of the molecule is Cc1ncc(CN2CCO[C@H](CCCC(C)C)C2)n1C. The molecule has 0 aromatic carbocycles. The second-order valence-electron chi connectivity index (χ2n) is 6.41. The van der Waals surface area contributed by atoms with Crippen LogP contribution in [0.1, 0.15) is 44.6 Å². The van der Waals surface area contributed by atoms with Gasteiger partial charge >= 0.3 is 0 Å². The van der Waals surface area contributed by atoms with Gasteiger partial charge in [0, 0.05) is 32.9 Å². The van der Waals surface area contributed by atoms with Crippen molar-refractivity contribution in [2.24, 2.45) is 13.0 Å². The molecule has 0 saturated carbocycles. The van der Waals surface area contributed by atoms with Crippen molar-refractivity contribution in [2.45, 2.75) is 52.7 Å². The van der Waals surface area contributed by atoms with Crippen LogP contribution in [0, 0.1) is 12.8 Å². The van der Waals surface area contributed by atoms with E-state index < -0.39 is 0 Å². The number of aromatic nitrogens is 2. The number of ether oxygens (including phenoxy) is 1. The second kappa shape index (κ2) is 7.23. The predicted molar refractivity (Wildman–Crippen MR) is 81.7 cm³/mol. The van der Waals surface area contributed by atoms with Gasteiger partial charge in [-0.25, -0.2) is 4.98 Å². The maximum atomic E-state index is 5.90. The second-order valence-corrected chi connectivity index (χ2v) is 6.41. The molecule has 0 bridgehead atoms. The Hall–Kier alpha value is -0.870. The summed E-state index contributed by atoms with van der Waals surface area (Å²) in [5.41, 5.74) is 1.30. The first-order valence-corrected chi connectivity index (χ1v) is 7.87. The van der Waals surface area contributed by atoms with E-state index in [4.69, 9.17) is 4.74 Å². The number of imidazole rings is 1. The molecule has 0 spiro atoms. The molecule has 1 fully saturated rings. The summed E-state index contributed by atoms with van der Waals surface area (Å²) in [5.74, 6) is 1.88. The lowest BCUT2D eigenvalue weighted by atomic mass is 10.0. The molecule has 1 atom stereocenters. The summed E-state index contributed by atoms with van der Waals surface area (Å²) >= 11 is 0. The third-order valence-electron chi connectivity index (χ3n) is 4.23. The maximum absolute atomic E-state index is 5.90. The van der Waals surface area contributed by atoms with Crippen LogP contribution in [0.3, 0.4) is 0 Å². The highest BCUT2D eigenvalue weighted by atomic mass is 16.5. The zero-order chi connectivity index (χ0) is 14.5. The standard InChI is InChI=1S/C16H29N3O/c1-13(2)6-5-7-16-12-19(8-9-20-16)11-15-10-17-14(3)18(15)4/h10,13,16H,5-9,11-12H2,1-4H3/t16-/m1/s1. The average molecular weight is 279 g/mol. The fourth-order valence-electron chi connectivity index (χ4n) is 2.78. The van der Waals surface area contributed by atoms with Crippen molar-refractivity contribution in [3.8, 4) is 0 Å². The number of morpholine rings is 1. The summed E-state index contributed by atoms with van der Waals surface area (Å²) in [6.07, 6.45) is 6.19. The number of hydrogen-bond donors (Lipinski definition) is 0. The quantitative estimate of drug-likeness (QED) is 0.802. The fraction of sp³-hybridized carbons (Fsp3) is 0.812. The maximum Gasteiger partial charge on any atom is 0.105 e. The van der Waals surface area contributed by atoms with Crippen molar-refractivity contribution in [1.29, 1.82) is 0 Å². The van der Waals surface area contributed by atoms with Gasteiger partial charge in [-0.3, -0.25) is 4.90 Å². The summed E-state index contributed by atoms with van der Waals surface area (Å²) in [6.45, 7) is 10.6. The highest BCUT2D eigenvalue weighted by Crippen LogP contribution is 2.16. The number of rotatable bonds is 6. The average Bonchev–Trinajstić information content (AvgIpc) is 2.71. The Morgan fingerprint density at radius 1 is 1.45 bits per heavy atom. The van der Waals surface area contributed by atoms with Crippen molar-refractivity contribution in [3.05, 3.63) is 17.7 Å². The molecule has 0 amide bonds. The lowest BCUT2D eigenvalue weighted by Crippen LogP contribution is -2.42. The minimum absolute atomic E-state index is 0.414. The van der Waals surface area contributed by atoms with Crippen molar-refractivity contribution >= 4 is 0 Å². The molecule has 4 nitrogen and oxygen atoms in total. The van der Waals surface area contributed by atoms with Gasteiger partial charge in [0.1, 0.15) is 5.82 Å². The van der Waals surface area contributed by atoms with E-state index in [-0.39, 0.29) is 0 Å². The Bertz CT molecular complexity index is 414. The van der Waals surface area contributed by atoms with Gasteiger partial charge < -0.3 is 9.30 Å². The minimum atomic E-state index is 0.414. The Morgan fingerprint density at radius 3 is 2.90 bits per heavy atom. The third kappa shape index (κ3) is 4.32. The van der Waals surface area contributed by atoms with Crippen LogP contribution in [0.15, 0.2) is 6.20 Å². The van der Waals surface area contributed by atoms with Crippen molar-refractivity contribution in [2.75, 3.05) is 19.7 Å². The topological polar surface area (TPSA) is 30.3 Å². The van der Waals surface area contributed by atoms with Gasteiger partial charge in [-0.15, -0.1) is 0 Å². The first-order valence-electron chi connectivity index (χ1n) is 7.87. The highest BCUT2D eigenvalue weighted by Gasteiger charge is 2.21. The molecule has 1 aromatic rings. The Balaban J connectivity index is 1.80. The van der Waals surface area contributed by atoms with Crippen LogP contribution in [0.4, 0.5) is 0 Å². The largest absolute Gasteiger partial charge is 0.376 e. The van der Waals surface area contributed by atoms with Gasteiger partial charge in [0.05, 0.1) is 18.4 Å². The van der Waals surface area contributed by atoms with Crippen LogP contribution in [0.25, 0.3) is 0 Å². The third-order valence-corrected chi connectivity index (χ3v) is 4.23. The molecule has 4 heteroatoms. The van der Waals surface area contributed by atoms with Gasteiger partial charge in [-0.1, -0.05) is 26.7 Å². The molecule has 114 valence electrons. The zero-order valence-electron chi connectivity index (χ0n) is 13.4. The molecular weight excluding hydrogens is 250 g/mol. The monoisotopic (exact) mass is 279 g/mol. The van der Waals surface area contributed by atoms with Gasteiger partial charge in [-0.05, 0) is 19.3 Å². The molecule has 0 N–H and O–H groups in total. The Labute approximate surface area is 123 Å². The molecule has 0 aliphatic carbocycles. The van der Waals surface area contributed by atoms with Crippen LogP contribution < -0.4 is 0 Å². The molecule has 20 heavy (non-hydrogen) atoms. The molecule has 2 rings (SSSR count). The van der Waals surface area contributed by atoms with Crippen LogP contribution >= 0.6 is 0 Å². The van der Waals surface area contributed by atoms with Crippen LogP contribution in [-0.4, -0.2) is 40.3 Å². The lowest BCUT2D eigenvalue weighted by Gasteiger charge is -2.33. The van der Waals surface area contributed by atoms with Gasteiger partial charge in [-0.2, -0.15) is 0 Å². The zero-order valence-corrected chi connectivity index (χ0v) is 13.4.